The number of anilines is 2. The van der Waals surface area contributed by atoms with E-state index in [0.717, 1.165) is 48.9 Å². The number of hydrogen-bond acceptors (Lipinski definition) is 6. The van der Waals surface area contributed by atoms with E-state index in [2.05, 4.69) is 15.6 Å². The summed E-state index contributed by atoms with van der Waals surface area (Å²) in [6.45, 7) is 2.32. The summed E-state index contributed by atoms with van der Waals surface area (Å²) in [6, 6.07) is 15.1. The van der Waals surface area contributed by atoms with Gasteiger partial charge >= 0.3 is 0 Å². The van der Waals surface area contributed by atoms with Crippen LogP contribution >= 0.6 is 0 Å². The van der Waals surface area contributed by atoms with E-state index in [0.29, 0.717) is 23.0 Å². The van der Waals surface area contributed by atoms with Crippen molar-refractivity contribution in [1.29, 1.82) is 0 Å². The lowest BCUT2D eigenvalue weighted by Gasteiger charge is -2.29. The number of benzene rings is 2. The average Bonchev–Trinajstić information content (AvgIpc) is 2.83. The van der Waals surface area contributed by atoms with Crippen molar-refractivity contribution in [2.45, 2.75) is 38.6 Å². The molecule has 2 aromatic carbocycles. The first-order chi connectivity index (χ1) is 15.9. The van der Waals surface area contributed by atoms with Crippen molar-refractivity contribution in [3.8, 4) is 0 Å². The number of ketones is 1. The summed E-state index contributed by atoms with van der Waals surface area (Å²) in [4.78, 5) is 35.6. The van der Waals surface area contributed by atoms with Gasteiger partial charge in [0.1, 0.15) is 5.82 Å². The minimum atomic E-state index is -0.111. The largest absolute Gasteiger partial charge is 0.362 e. The van der Waals surface area contributed by atoms with Crippen LogP contribution in [0.3, 0.4) is 0 Å². The lowest BCUT2D eigenvalue weighted by Crippen LogP contribution is -2.38. The Bertz CT molecular complexity index is 1150. The highest BCUT2D eigenvalue weighted by Crippen LogP contribution is 2.27. The number of rotatable bonds is 7. The fourth-order valence-corrected chi connectivity index (χ4v) is 4.37. The number of nitrogens with one attached hydrogen (secondary N) is 2. The lowest BCUT2D eigenvalue weighted by molar-refractivity contribution is 0.0922. The number of nitrogens with zero attached hydrogens (tertiary/aromatic N) is 3. The van der Waals surface area contributed by atoms with Crippen LogP contribution in [-0.2, 0) is 0 Å². The first kappa shape index (κ1) is 22.7. The van der Waals surface area contributed by atoms with Crippen LogP contribution in [0.1, 0.15) is 53.3 Å². The Hall–Kier alpha value is -3.48. The van der Waals surface area contributed by atoms with Gasteiger partial charge in [-0.2, -0.15) is 4.98 Å². The van der Waals surface area contributed by atoms with E-state index in [1.807, 2.05) is 43.3 Å². The molecule has 7 heteroatoms. The predicted octanol–water partition coefficient (Wildman–Crippen LogP) is 4.30. The first-order valence-electron chi connectivity index (χ1n) is 11.5. The van der Waals surface area contributed by atoms with Gasteiger partial charge in [0, 0.05) is 43.2 Å². The zero-order valence-corrected chi connectivity index (χ0v) is 19.5. The van der Waals surface area contributed by atoms with E-state index in [4.69, 9.17) is 4.98 Å². The molecule has 2 N–H and O–H groups in total. The molecule has 172 valence electrons. The van der Waals surface area contributed by atoms with Gasteiger partial charge in [0.2, 0.25) is 5.95 Å². The van der Waals surface area contributed by atoms with Crippen molar-refractivity contribution >= 4 is 34.4 Å². The van der Waals surface area contributed by atoms with E-state index in [-0.39, 0.29) is 17.7 Å². The molecule has 0 bridgehead atoms. The molecule has 0 spiro atoms. The van der Waals surface area contributed by atoms with E-state index in [1.54, 1.807) is 24.3 Å². The van der Waals surface area contributed by atoms with E-state index in [9.17, 15) is 9.59 Å². The SMILES string of the molecule is CC(=O)c1cccc(C(=O)NC2CCC(CNc3nc(N(C)C)c4ccccc4n3)CC2)c1. The molecule has 1 heterocycles. The molecule has 1 amide bonds. The molecular weight excluding hydrogens is 414 g/mol. The highest BCUT2D eigenvalue weighted by atomic mass is 16.1. The molecule has 0 unspecified atom stereocenters. The monoisotopic (exact) mass is 445 g/mol. The summed E-state index contributed by atoms with van der Waals surface area (Å²) in [7, 11) is 3.98. The third-order valence-electron chi connectivity index (χ3n) is 6.27. The van der Waals surface area contributed by atoms with Gasteiger partial charge in [-0.25, -0.2) is 4.98 Å². The van der Waals surface area contributed by atoms with Crippen molar-refractivity contribution in [3.63, 3.8) is 0 Å². The number of Topliss-reactive ketones (excluding diaryl/α,β-unsaturated/α-hetero) is 1. The molecule has 1 aromatic heterocycles. The number of para-hydroxylation sites is 1. The lowest BCUT2D eigenvalue weighted by atomic mass is 9.86. The van der Waals surface area contributed by atoms with Crippen molar-refractivity contribution in [2.75, 3.05) is 30.9 Å². The summed E-state index contributed by atoms with van der Waals surface area (Å²) in [5.41, 5.74) is 2.03. The Morgan fingerprint density at radius 2 is 1.70 bits per heavy atom. The Kier molecular flexibility index (Phi) is 6.87. The maximum Gasteiger partial charge on any atom is 0.251 e. The molecule has 1 saturated carbocycles. The average molecular weight is 446 g/mol. The van der Waals surface area contributed by atoms with E-state index in [1.165, 1.54) is 6.92 Å². The Morgan fingerprint density at radius 3 is 2.42 bits per heavy atom. The maximum absolute atomic E-state index is 12.6. The van der Waals surface area contributed by atoms with Gasteiger partial charge < -0.3 is 15.5 Å². The van der Waals surface area contributed by atoms with Gasteiger partial charge in [0.05, 0.1) is 5.52 Å². The maximum atomic E-state index is 12.6. The molecule has 0 saturated heterocycles. The third-order valence-corrected chi connectivity index (χ3v) is 6.27. The van der Waals surface area contributed by atoms with Crippen LogP contribution in [0, 0.1) is 5.92 Å². The smallest absolute Gasteiger partial charge is 0.251 e. The van der Waals surface area contributed by atoms with Crippen LogP contribution in [0.4, 0.5) is 11.8 Å². The minimum absolute atomic E-state index is 0.0363. The molecule has 1 aliphatic rings. The Morgan fingerprint density at radius 1 is 0.970 bits per heavy atom. The molecule has 7 nitrogen and oxygen atoms in total. The second-order valence-corrected chi connectivity index (χ2v) is 8.99. The zero-order chi connectivity index (χ0) is 23.4. The fourth-order valence-electron chi connectivity index (χ4n) is 4.37. The number of amides is 1. The molecular formula is C26H31N5O2. The van der Waals surface area contributed by atoms with Crippen LogP contribution in [0.25, 0.3) is 10.9 Å². The van der Waals surface area contributed by atoms with Crippen LogP contribution in [0.15, 0.2) is 48.5 Å². The van der Waals surface area contributed by atoms with E-state index < -0.39 is 0 Å². The van der Waals surface area contributed by atoms with Crippen LogP contribution in [-0.4, -0.2) is 48.3 Å². The van der Waals surface area contributed by atoms with Crippen LogP contribution in [0.5, 0.6) is 0 Å². The van der Waals surface area contributed by atoms with Crippen molar-refractivity contribution in [1.82, 2.24) is 15.3 Å². The van der Waals surface area contributed by atoms with Crippen LogP contribution in [0.2, 0.25) is 0 Å². The number of carbonyl (C=O) groups excluding carboxylic acids is 2. The van der Waals surface area contributed by atoms with Crippen LogP contribution < -0.4 is 15.5 Å². The summed E-state index contributed by atoms with van der Waals surface area (Å²) < 4.78 is 0. The van der Waals surface area contributed by atoms with Gasteiger partial charge in [0.15, 0.2) is 5.78 Å². The minimum Gasteiger partial charge on any atom is -0.362 e. The summed E-state index contributed by atoms with van der Waals surface area (Å²) in [6.07, 6.45) is 3.93. The number of carbonyl (C=O) groups is 2. The molecule has 4 rings (SSSR count). The Balaban J connectivity index is 1.31. The predicted molar refractivity (Wildman–Crippen MR) is 132 cm³/mol. The molecule has 0 radical (unpaired) electrons. The Labute approximate surface area is 194 Å². The number of fused-ring (bicyclic) bond motifs is 1. The highest BCUT2D eigenvalue weighted by molar-refractivity contribution is 5.99. The number of hydrogen-bond donors (Lipinski definition) is 2. The first-order valence-corrected chi connectivity index (χ1v) is 11.5. The van der Waals surface area contributed by atoms with Gasteiger partial charge in [-0.1, -0.05) is 24.3 Å². The zero-order valence-electron chi connectivity index (χ0n) is 19.5. The van der Waals surface area contributed by atoms with Crippen molar-refractivity contribution in [2.24, 2.45) is 5.92 Å². The van der Waals surface area contributed by atoms with Gasteiger partial charge in [-0.3, -0.25) is 9.59 Å². The van der Waals surface area contributed by atoms with Gasteiger partial charge in [-0.05, 0) is 62.8 Å². The van der Waals surface area contributed by atoms with Crippen molar-refractivity contribution < 1.29 is 9.59 Å². The normalized spacial score (nSPS) is 18.0. The molecule has 1 fully saturated rings. The quantitative estimate of drug-likeness (QED) is 0.527. The van der Waals surface area contributed by atoms with Crippen molar-refractivity contribution in [3.05, 3.63) is 59.7 Å². The van der Waals surface area contributed by atoms with Gasteiger partial charge in [0.25, 0.3) is 5.91 Å². The topological polar surface area (TPSA) is 87.2 Å². The molecule has 3 aromatic rings. The van der Waals surface area contributed by atoms with E-state index >= 15 is 0 Å². The highest BCUT2D eigenvalue weighted by Gasteiger charge is 2.23. The van der Waals surface area contributed by atoms with Gasteiger partial charge in [-0.15, -0.1) is 0 Å². The standard InChI is InChI=1S/C26H31N5O2/c1-17(32)19-7-6-8-20(15-19)25(33)28-21-13-11-18(12-14-21)16-27-26-29-23-10-5-4-9-22(23)24(30-26)31(2)3/h4-10,15,18,21H,11-14,16H2,1-3H3,(H,28,33)(H,27,29,30). The number of aromatic nitrogens is 2. The molecule has 0 atom stereocenters. The summed E-state index contributed by atoms with van der Waals surface area (Å²) >= 11 is 0. The second kappa shape index (κ2) is 9.98. The fraction of sp³-hybridized carbons (Fsp3) is 0.385. The second-order valence-electron chi connectivity index (χ2n) is 8.99. The molecule has 1 aliphatic carbocycles. The summed E-state index contributed by atoms with van der Waals surface area (Å²) in [5, 5.41) is 7.61. The summed E-state index contributed by atoms with van der Waals surface area (Å²) in [5.74, 6) is 1.92. The molecule has 0 aliphatic heterocycles. The molecule has 33 heavy (non-hydrogen) atoms. The third kappa shape index (κ3) is 5.48.